The van der Waals surface area contributed by atoms with Gasteiger partial charge in [0.25, 0.3) is 5.16 Å². The van der Waals surface area contributed by atoms with Gasteiger partial charge in [-0.2, -0.15) is 4.98 Å². The minimum atomic E-state index is -3.43. The first-order chi connectivity index (χ1) is 8.45. The van der Waals surface area contributed by atoms with Gasteiger partial charge in [0.2, 0.25) is 15.8 Å². The SMILES string of the molecule is CS(=O)(=O)c1nc2n(n1)CC1=C(N2)C(=O)CCC1. The fourth-order valence-electron chi connectivity index (χ4n) is 2.20. The van der Waals surface area contributed by atoms with Gasteiger partial charge in [0.15, 0.2) is 5.78 Å². The molecule has 0 unspecified atom stereocenters. The Morgan fingerprint density at radius 3 is 2.83 bits per heavy atom. The normalized spacial score (nSPS) is 19.3. The molecule has 2 aliphatic rings. The minimum Gasteiger partial charge on any atom is -0.321 e. The first-order valence-electron chi connectivity index (χ1n) is 5.62. The van der Waals surface area contributed by atoms with Crippen LogP contribution < -0.4 is 5.32 Å². The van der Waals surface area contributed by atoms with Crippen LogP contribution in [0.4, 0.5) is 5.95 Å². The van der Waals surface area contributed by atoms with E-state index in [4.69, 9.17) is 0 Å². The molecule has 7 nitrogen and oxygen atoms in total. The van der Waals surface area contributed by atoms with E-state index < -0.39 is 9.84 Å². The summed E-state index contributed by atoms with van der Waals surface area (Å²) in [5, 5.41) is 6.63. The van der Waals surface area contributed by atoms with Gasteiger partial charge in [-0.05, 0) is 18.4 Å². The molecule has 0 amide bonds. The zero-order valence-electron chi connectivity index (χ0n) is 9.80. The molecule has 0 bridgehead atoms. The van der Waals surface area contributed by atoms with Crippen molar-refractivity contribution in [2.24, 2.45) is 0 Å². The Kier molecular flexibility index (Phi) is 2.31. The van der Waals surface area contributed by atoms with Gasteiger partial charge in [-0.15, -0.1) is 5.10 Å². The first kappa shape index (κ1) is 11.4. The summed E-state index contributed by atoms with van der Waals surface area (Å²) in [5.41, 5.74) is 1.55. The average Bonchev–Trinajstić information content (AvgIpc) is 2.69. The predicted octanol–water partition coefficient (Wildman–Crippen LogP) is 0.114. The number of hydrogen-bond donors (Lipinski definition) is 1. The van der Waals surface area contributed by atoms with Crippen LogP contribution >= 0.6 is 0 Å². The second-order valence-corrected chi connectivity index (χ2v) is 6.44. The van der Waals surface area contributed by atoms with Gasteiger partial charge in [0.1, 0.15) is 0 Å². The topological polar surface area (TPSA) is 93.9 Å². The van der Waals surface area contributed by atoms with Crippen molar-refractivity contribution in [3.8, 4) is 0 Å². The molecule has 0 spiro atoms. The van der Waals surface area contributed by atoms with E-state index in [1.54, 1.807) is 0 Å². The third-order valence-corrected chi connectivity index (χ3v) is 3.91. The summed E-state index contributed by atoms with van der Waals surface area (Å²) < 4.78 is 24.3. The minimum absolute atomic E-state index is 0.0615. The van der Waals surface area contributed by atoms with Gasteiger partial charge in [0.05, 0.1) is 12.2 Å². The second kappa shape index (κ2) is 3.64. The first-order valence-corrected chi connectivity index (χ1v) is 7.51. The van der Waals surface area contributed by atoms with Gasteiger partial charge in [0, 0.05) is 12.7 Å². The molecule has 0 saturated carbocycles. The molecular weight excluding hydrogens is 256 g/mol. The fourth-order valence-corrected chi connectivity index (χ4v) is 2.70. The summed E-state index contributed by atoms with van der Waals surface area (Å²) >= 11 is 0. The molecule has 1 aliphatic carbocycles. The summed E-state index contributed by atoms with van der Waals surface area (Å²) in [5.74, 6) is 0.385. The van der Waals surface area contributed by atoms with Crippen molar-refractivity contribution in [2.75, 3.05) is 11.6 Å². The number of rotatable bonds is 1. The van der Waals surface area contributed by atoms with E-state index >= 15 is 0 Å². The van der Waals surface area contributed by atoms with Crippen LogP contribution in [0.15, 0.2) is 16.4 Å². The maximum atomic E-state index is 11.7. The number of sulfone groups is 1. The quantitative estimate of drug-likeness (QED) is 0.777. The maximum absolute atomic E-state index is 11.7. The number of Topliss-reactive ketones (excluding diaryl/α,β-unsaturated/α-hetero) is 1. The summed E-state index contributed by atoms with van der Waals surface area (Å²) in [4.78, 5) is 15.7. The highest BCUT2D eigenvalue weighted by molar-refractivity contribution is 7.90. The summed E-state index contributed by atoms with van der Waals surface area (Å²) in [7, 11) is -3.43. The molecular formula is C10H12N4O3S. The van der Waals surface area contributed by atoms with Crippen LogP contribution in [0.25, 0.3) is 0 Å². The molecule has 1 aromatic heterocycles. The van der Waals surface area contributed by atoms with E-state index in [9.17, 15) is 13.2 Å². The monoisotopic (exact) mass is 268 g/mol. The van der Waals surface area contributed by atoms with Gasteiger partial charge < -0.3 is 5.32 Å². The number of carbonyl (C=O) groups excluding carboxylic acids is 1. The zero-order chi connectivity index (χ0) is 12.9. The molecule has 96 valence electrons. The van der Waals surface area contributed by atoms with Crippen LogP contribution in [0.3, 0.4) is 0 Å². The highest BCUT2D eigenvalue weighted by Gasteiger charge is 2.29. The second-order valence-electron chi connectivity index (χ2n) is 4.53. The Bertz CT molecular complexity index is 671. The van der Waals surface area contributed by atoms with E-state index in [1.807, 2.05) is 0 Å². The number of hydrogen-bond acceptors (Lipinski definition) is 6. The van der Waals surface area contributed by atoms with Crippen LogP contribution in [0.1, 0.15) is 19.3 Å². The molecule has 0 fully saturated rings. The van der Waals surface area contributed by atoms with Crippen molar-refractivity contribution in [3.63, 3.8) is 0 Å². The number of carbonyl (C=O) groups is 1. The number of nitrogens with zero attached hydrogens (tertiary/aromatic N) is 3. The molecule has 1 N–H and O–H groups in total. The Morgan fingerprint density at radius 1 is 1.33 bits per heavy atom. The predicted molar refractivity (Wildman–Crippen MR) is 62.6 cm³/mol. The van der Waals surface area contributed by atoms with Gasteiger partial charge in [-0.1, -0.05) is 0 Å². The van der Waals surface area contributed by atoms with Crippen molar-refractivity contribution in [1.29, 1.82) is 0 Å². The molecule has 3 rings (SSSR count). The van der Waals surface area contributed by atoms with E-state index in [0.29, 0.717) is 24.6 Å². The number of ketones is 1. The smallest absolute Gasteiger partial charge is 0.268 e. The van der Waals surface area contributed by atoms with Crippen molar-refractivity contribution in [1.82, 2.24) is 14.8 Å². The van der Waals surface area contributed by atoms with E-state index in [1.165, 1.54) is 4.68 Å². The highest BCUT2D eigenvalue weighted by atomic mass is 32.2. The molecule has 2 heterocycles. The fraction of sp³-hybridized carbons (Fsp3) is 0.500. The largest absolute Gasteiger partial charge is 0.321 e. The lowest BCUT2D eigenvalue weighted by Gasteiger charge is -2.24. The Hall–Kier alpha value is -1.70. The van der Waals surface area contributed by atoms with Gasteiger partial charge in [-0.25, -0.2) is 13.1 Å². The van der Waals surface area contributed by atoms with Crippen molar-refractivity contribution in [2.45, 2.75) is 31.0 Å². The van der Waals surface area contributed by atoms with Gasteiger partial charge >= 0.3 is 0 Å². The molecule has 0 atom stereocenters. The van der Waals surface area contributed by atoms with Crippen LogP contribution in [0.5, 0.6) is 0 Å². The summed E-state index contributed by atoms with van der Waals surface area (Å²) in [6, 6.07) is 0. The van der Waals surface area contributed by atoms with Crippen LogP contribution in [0.2, 0.25) is 0 Å². The lowest BCUT2D eigenvalue weighted by Crippen LogP contribution is -2.26. The Morgan fingerprint density at radius 2 is 2.11 bits per heavy atom. The lowest BCUT2D eigenvalue weighted by atomic mass is 9.94. The molecule has 0 radical (unpaired) electrons. The molecule has 0 saturated heterocycles. The zero-order valence-corrected chi connectivity index (χ0v) is 10.6. The van der Waals surface area contributed by atoms with Crippen molar-refractivity contribution >= 4 is 21.6 Å². The van der Waals surface area contributed by atoms with E-state index in [0.717, 1.165) is 24.7 Å². The van der Waals surface area contributed by atoms with Crippen LogP contribution in [-0.4, -0.2) is 35.2 Å². The molecule has 0 aromatic carbocycles. The standard InChI is InChI=1S/C10H12N4O3S/c1-18(16,17)10-12-9-11-8-6(5-14(9)13-10)3-2-4-7(8)15/h2-5H2,1H3,(H,11,12,13). The van der Waals surface area contributed by atoms with Crippen LogP contribution in [-0.2, 0) is 21.2 Å². The number of nitrogens with one attached hydrogen (secondary N) is 1. The molecule has 18 heavy (non-hydrogen) atoms. The molecule has 8 heteroatoms. The highest BCUT2D eigenvalue weighted by Crippen LogP contribution is 2.29. The van der Waals surface area contributed by atoms with Crippen molar-refractivity contribution in [3.05, 3.63) is 11.3 Å². The number of fused-ring (bicyclic) bond motifs is 1. The number of aromatic nitrogens is 3. The maximum Gasteiger partial charge on any atom is 0.268 e. The molecule has 1 aromatic rings. The van der Waals surface area contributed by atoms with Crippen molar-refractivity contribution < 1.29 is 13.2 Å². The Labute approximate surface area is 104 Å². The third-order valence-electron chi connectivity index (χ3n) is 3.08. The van der Waals surface area contributed by atoms with Crippen LogP contribution in [0, 0.1) is 0 Å². The van der Waals surface area contributed by atoms with E-state index in [-0.39, 0.29) is 10.9 Å². The number of anilines is 1. The lowest BCUT2D eigenvalue weighted by molar-refractivity contribution is -0.116. The third kappa shape index (κ3) is 1.72. The Balaban J connectivity index is 2.02. The molecule has 1 aliphatic heterocycles. The summed E-state index contributed by atoms with van der Waals surface area (Å²) in [6.07, 6.45) is 3.26. The summed E-state index contributed by atoms with van der Waals surface area (Å²) in [6.45, 7) is 0.436. The van der Waals surface area contributed by atoms with Gasteiger partial charge in [-0.3, -0.25) is 4.79 Å². The number of allylic oxidation sites excluding steroid dienone is 2. The average molecular weight is 268 g/mol. The van der Waals surface area contributed by atoms with E-state index in [2.05, 4.69) is 15.4 Å².